The number of aliphatic imine (C=N–C) groups is 1. The molecule has 0 aromatic heterocycles. The van der Waals surface area contributed by atoms with E-state index in [1.54, 1.807) is 4.90 Å². The number of fused-ring (bicyclic) bond motifs is 3. The zero-order valence-corrected chi connectivity index (χ0v) is 13.3. The molecular weight excluding hydrogens is 262 g/mol. The predicted octanol–water partition coefficient (Wildman–Crippen LogP) is 2.90. The molecule has 2 aliphatic rings. The van der Waals surface area contributed by atoms with Crippen molar-refractivity contribution < 1.29 is 4.79 Å². The highest BCUT2D eigenvalue weighted by Crippen LogP contribution is 2.31. The van der Waals surface area contributed by atoms with Crippen LogP contribution >= 0.6 is 0 Å². The maximum absolute atomic E-state index is 12.6. The van der Waals surface area contributed by atoms with Crippen LogP contribution in [-0.2, 0) is 0 Å². The first kappa shape index (κ1) is 13.9. The highest BCUT2D eigenvalue weighted by Gasteiger charge is 2.30. The topological polar surface area (TPSA) is 35.9 Å². The molecule has 0 radical (unpaired) electrons. The zero-order valence-electron chi connectivity index (χ0n) is 13.3. The summed E-state index contributed by atoms with van der Waals surface area (Å²) in [6, 6.07) is 4.12. The summed E-state index contributed by atoms with van der Waals surface area (Å²) in [5.41, 5.74) is 6.43. The van der Waals surface area contributed by atoms with Crippen molar-refractivity contribution >= 4 is 17.4 Å². The van der Waals surface area contributed by atoms with E-state index in [0.29, 0.717) is 6.54 Å². The maximum Gasteiger partial charge on any atom is 0.256 e. The van der Waals surface area contributed by atoms with Crippen LogP contribution in [0.4, 0.5) is 5.69 Å². The average molecular weight is 283 g/mol. The Labute approximate surface area is 125 Å². The minimum atomic E-state index is 0.0699. The van der Waals surface area contributed by atoms with E-state index in [-0.39, 0.29) is 5.91 Å². The van der Waals surface area contributed by atoms with Gasteiger partial charge in [0, 0.05) is 19.3 Å². The summed E-state index contributed by atoms with van der Waals surface area (Å²) in [5.74, 6) is 1.02. The highest BCUT2D eigenvalue weighted by molar-refractivity contribution is 6.12. The fourth-order valence-electron chi connectivity index (χ4n) is 2.82. The number of amidine groups is 1. The SMILES string of the molecule is CC1=C(C)N=C2CN(C)C(=O)c3cc(C)c(C)cc3N2C1. The van der Waals surface area contributed by atoms with E-state index < -0.39 is 0 Å². The number of nitrogens with zero attached hydrogens (tertiary/aromatic N) is 3. The number of rotatable bonds is 0. The van der Waals surface area contributed by atoms with Crippen LogP contribution in [0, 0.1) is 13.8 Å². The number of anilines is 1. The Morgan fingerprint density at radius 1 is 1.05 bits per heavy atom. The van der Waals surface area contributed by atoms with Crippen LogP contribution in [0.25, 0.3) is 0 Å². The standard InChI is InChI=1S/C17H21N3O/c1-10-6-14-15(7-11(10)2)20-8-12(3)13(4)18-16(20)9-19(5)17(14)21/h6-7H,8-9H2,1-5H3. The van der Waals surface area contributed by atoms with Crippen molar-refractivity contribution in [3.63, 3.8) is 0 Å². The van der Waals surface area contributed by atoms with E-state index in [4.69, 9.17) is 4.99 Å². The number of likely N-dealkylation sites (N-methyl/N-ethyl adjacent to an activating group) is 1. The lowest BCUT2D eigenvalue weighted by Gasteiger charge is -2.30. The molecule has 2 aliphatic heterocycles. The van der Waals surface area contributed by atoms with Gasteiger partial charge in [-0.1, -0.05) is 0 Å². The molecule has 2 heterocycles. The first-order valence-corrected chi connectivity index (χ1v) is 7.26. The van der Waals surface area contributed by atoms with Crippen LogP contribution in [-0.4, -0.2) is 36.8 Å². The van der Waals surface area contributed by atoms with E-state index in [2.05, 4.69) is 24.8 Å². The van der Waals surface area contributed by atoms with Crippen molar-refractivity contribution in [2.24, 2.45) is 4.99 Å². The lowest BCUT2D eigenvalue weighted by molar-refractivity contribution is 0.0817. The molecule has 0 unspecified atom stereocenters. The molecule has 0 saturated carbocycles. The van der Waals surface area contributed by atoms with Crippen LogP contribution < -0.4 is 4.90 Å². The Balaban J connectivity index is 2.23. The molecule has 3 rings (SSSR count). The number of hydrogen-bond acceptors (Lipinski definition) is 3. The molecule has 0 spiro atoms. The number of hydrogen-bond donors (Lipinski definition) is 0. The summed E-state index contributed by atoms with van der Waals surface area (Å²) in [4.78, 5) is 21.3. The Hall–Kier alpha value is -2.10. The number of carbonyl (C=O) groups is 1. The van der Waals surface area contributed by atoms with Crippen LogP contribution in [0.1, 0.15) is 35.3 Å². The van der Waals surface area contributed by atoms with Crippen LogP contribution in [0.5, 0.6) is 0 Å². The van der Waals surface area contributed by atoms with Crippen molar-refractivity contribution in [1.29, 1.82) is 0 Å². The third-order valence-corrected chi connectivity index (χ3v) is 4.48. The van der Waals surface area contributed by atoms with Gasteiger partial charge in [-0.05, 0) is 56.5 Å². The van der Waals surface area contributed by atoms with E-state index in [0.717, 1.165) is 34.9 Å². The van der Waals surface area contributed by atoms with E-state index >= 15 is 0 Å². The first-order valence-electron chi connectivity index (χ1n) is 7.26. The van der Waals surface area contributed by atoms with Gasteiger partial charge in [0.2, 0.25) is 0 Å². The molecule has 0 N–H and O–H groups in total. The molecule has 110 valence electrons. The van der Waals surface area contributed by atoms with Gasteiger partial charge >= 0.3 is 0 Å². The second-order valence-corrected chi connectivity index (χ2v) is 6.09. The summed E-state index contributed by atoms with van der Waals surface area (Å²) >= 11 is 0. The second kappa shape index (κ2) is 4.72. The Morgan fingerprint density at radius 3 is 2.43 bits per heavy atom. The van der Waals surface area contributed by atoms with Gasteiger partial charge in [0.05, 0.1) is 17.8 Å². The summed E-state index contributed by atoms with van der Waals surface area (Å²) < 4.78 is 0. The summed E-state index contributed by atoms with van der Waals surface area (Å²) in [7, 11) is 1.84. The second-order valence-electron chi connectivity index (χ2n) is 6.09. The molecule has 4 heteroatoms. The van der Waals surface area contributed by atoms with Gasteiger partial charge in [0.25, 0.3) is 5.91 Å². The summed E-state index contributed by atoms with van der Waals surface area (Å²) in [5, 5.41) is 0. The number of amides is 1. The fourth-order valence-corrected chi connectivity index (χ4v) is 2.82. The normalized spacial score (nSPS) is 18.3. The van der Waals surface area contributed by atoms with Gasteiger partial charge in [-0.2, -0.15) is 0 Å². The number of allylic oxidation sites excluding steroid dienone is 1. The smallest absolute Gasteiger partial charge is 0.256 e. The van der Waals surface area contributed by atoms with E-state index in [1.165, 1.54) is 11.1 Å². The third-order valence-electron chi connectivity index (χ3n) is 4.48. The van der Waals surface area contributed by atoms with Crippen molar-refractivity contribution in [3.05, 3.63) is 40.1 Å². The monoisotopic (exact) mass is 283 g/mol. The van der Waals surface area contributed by atoms with Crippen LogP contribution in [0.2, 0.25) is 0 Å². The minimum absolute atomic E-state index is 0.0699. The van der Waals surface area contributed by atoms with E-state index in [1.807, 2.05) is 27.0 Å². The molecule has 21 heavy (non-hydrogen) atoms. The van der Waals surface area contributed by atoms with E-state index in [9.17, 15) is 4.79 Å². The van der Waals surface area contributed by atoms with Crippen molar-refractivity contribution in [1.82, 2.24) is 4.90 Å². The van der Waals surface area contributed by atoms with Crippen molar-refractivity contribution in [2.45, 2.75) is 27.7 Å². The van der Waals surface area contributed by atoms with Crippen LogP contribution in [0.15, 0.2) is 28.4 Å². The minimum Gasteiger partial charge on any atom is -0.334 e. The van der Waals surface area contributed by atoms with Gasteiger partial charge in [-0.15, -0.1) is 0 Å². The molecule has 4 nitrogen and oxygen atoms in total. The van der Waals surface area contributed by atoms with Crippen LogP contribution in [0.3, 0.4) is 0 Å². The summed E-state index contributed by atoms with van der Waals surface area (Å²) in [6.07, 6.45) is 0. The molecule has 1 aromatic rings. The highest BCUT2D eigenvalue weighted by atomic mass is 16.2. The van der Waals surface area contributed by atoms with Gasteiger partial charge < -0.3 is 9.80 Å². The largest absolute Gasteiger partial charge is 0.334 e. The van der Waals surface area contributed by atoms with Gasteiger partial charge in [0.1, 0.15) is 5.84 Å². The van der Waals surface area contributed by atoms with Gasteiger partial charge in [-0.3, -0.25) is 4.79 Å². The van der Waals surface area contributed by atoms with Gasteiger partial charge in [-0.25, -0.2) is 4.99 Å². The lowest BCUT2D eigenvalue weighted by atomic mass is 10.0. The summed E-state index contributed by atoms with van der Waals surface area (Å²) in [6.45, 7) is 9.63. The van der Waals surface area contributed by atoms with Crippen molar-refractivity contribution in [2.75, 3.05) is 25.0 Å². The zero-order chi connectivity index (χ0) is 15.3. The number of benzene rings is 1. The number of carbonyl (C=O) groups excluding carboxylic acids is 1. The number of aryl methyl sites for hydroxylation is 2. The quantitative estimate of drug-likeness (QED) is 0.734. The Bertz CT molecular complexity index is 700. The molecule has 0 aliphatic carbocycles. The Morgan fingerprint density at radius 2 is 1.71 bits per heavy atom. The first-order chi connectivity index (χ1) is 9.88. The molecular formula is C17H21N3O. The van der Waals surface area contributed by atoms with Crippen molar-refractivity contribution in [3.8, 4) is 0 Å². The third kappa shape index (κ3) is 2.15. The lowest BCUT2D eigenvalue weighted by Crippen LogP contribution is -2.40. The predicted molar refractivity (Wildman–Crippen MR) is 86.0 cm³/mol. The van der Waals surface area contributed by atoms with Gasteiger partial charge in [0.15, 0.2) is 0 Å². The maximum atomic E-state index is 12.6. The average Bonchev–Trinajstić information content (AvgIpc) is 2.51. The molecule has 1 amide bonds. The Kier molecular flexibility index (Phi) is 3.12. The molecule has 0 saturated heterocycles. The molecule has 0 bridgehead atoms. The molecule has 0 fully saturated rings. The molecule has 1 aromatic carbocycles. The molecule has 0 atom stereocenters. The fraction of sp³-hybridized carbons (Fsp3) is 0.412.